The van der Waals surface area contributed by atoms with Gasteiger partial charge in [0.05, 0.1) is 12.8 Å². The van der Waals surface area contributed by atoms with E-state index in [2.05, 4.69) is 53.1 Å². The lowest BCUT2D eigenvalue weighted by Crippen LogP contribution is -2.34. The van der Waals surface area contributed by atoms with Crippen molar-refractivity contribution < 1.29 is 4.74 Å². The van der Waals surface area contributed by atoms with Crippen LogP contribution in [0, 0.1) is 0 Å². The number of nitrogens with zero attached hydrogens (tertiary/aromatic N) is 3. The molecule has 2 heterocycles. The Hall–Kier alpha value is -2.86. The van der Waals surface area contributed by atoms with E-state index in [1.54, 1.807) is 7.11 Å². The largest absolute Gasteiger partial charge is 0.497 e. The van der Waals surface area contributed by atoms with Gasteiger partial charge in [-0.25, -0.2) is 4.79 Å². The fraction of sp³-hybridized carbons (Fsp3) is 0.417. The molecule has 30 heavy (non-hydrogen) atoms. The number of aromatic amines is 1. The quantitative estimate of drug-likeness (QED) is 0.670. The molecule has 0 amide bonds. The fourth-order valence-electron chi connectivity index (χ4n) is 4.11. The summed E-state index contributed by atoms with van der Waals surface area (Å²) in [5, 5.41) is 4.61. The second-order valence-electron chi connectivity index (χ2n) is 8.40. The van der Waals surface area contributed by atoms with E-state index in [0.717, 1.165) is 49.7 Å². The van der Waals surface area contributed by atoms with Crippen molar-refractivity contribution in [2.75, 3.05) is 20.2 Å². The normalized spacial score (nSPS) is 17.4. The van der Waals surface area contributed by atoms with Crippen LogP contribution in [0.1, 0.15) is 55.5 Å². The summed E-state index contributed by atoms with van der Waals surface area (Å²) in [6.07, 6.45) is 2.14. The highest BCUT2D eigenvalue weighted by molar-refractivity contribution is 5.36. The zero-order valence-electron chi connectivity index (χ0n) is 18.0. The molecule has 2 aromatic carbocycles. The van der Waals surface area contributed by atoms with Crippen molar-refractivity contribution in [2.45, 2.75) is 45.1 Å². The molecule has 0 bridgehead atoms. The van der Waals surface area contributed by atoms with E-state index >= 15 is 0 Å². The summed E-state index contributed by atoms with van der Waals surface area (Å²) in [6.45, 7) is 7.35. The average Bonchev–Trinajstić information content (AvgIpc) is 3.16. The predicted molar refractivity (Wildman–Crippen MR) is 119 cm³/mol. The van der Waals surface area contributed by atoms with Crippen LogP contribution in [0.25, 0.3) is 5.69 Å². The number of H-pyrrole nitrogens is 1. The number of aromatic nitrogens is 3. The lowest BCUT2D eigenvalue weighted by Gasteiger charge is -2.31. The first kappa shape index (κ1) is 20.4. The van der Waals surface area contributed by atoms with E-state index in [1.165, 1.54) is 15.8 Å². The van der Waals surface area contributed by atoms with Crippen LogP contribution in [0.3, 0.4) is 0 Å². The van der Waals surface area contributed by atoms with E-state index in [1.807, 2.05) is 24.3 Å². The Morgan fingerprint density at radius 3 is 2.53 bits per heavy atom. The number of nitrogens with one attached hydrogen (secondary N) is 1. The van der Waals surface area contributed by atoms with Gasteiger partial charge in [-0.15, -0.1) is 5.10 Å². The Bertz CT molecular complexity index is 1020. The molecule has 0 aliphatic carbocycles. The topological polar surface area (TPSA) is 63.1 Å². The molecule has 3 aromatic rings. The van der Waals surface area contributed by atoms with Crippen LogP contribution >= 0.6 is 0 Å². The lowest BCUT2D eigenvalue weighted by molar-refractivity contribution is 0.196. The summed E-state index contributed by atoms with van der Waals surface area (Å²) in [5.41, 5.74) is 3.24. The van der Waals surface area contributed by atoms with Crippen molar-refractivity contribution in [3.8, 4) is 11.4 Å². The van der Waals surface area contributed by atoms with Gasteiger partial charge >= 0.3 is 5.69 Å². The SMILES string of the molecule is COc1ccc(-n2nc([C@H]3CCCN(Cc4ccc(C(C)C)cc4)C3)[nH]c2=O)cc1. The number of methoxy groups -OCH3 is 1. The van der Waals surface area contributed by atoms with Crippen LogP contribution < -0.4 is 10.4 Å². The number of rotatable bonds is 6. The van der Waals surface area contributed by atoms with Crippen molar-refractivity contribution >= 4 is 0 Å². The van der Waals surface area contributed by atoms with Crippen molar-refractivity contribution in [2.24, 2.45) is 0 Å². The monoisotopic (exact) mass is 406 g/mol. The molecular formula is C24H30N4O2. The number of hydrogen-bond donors (Lipinski definition) is 1. The Morgan fingerprint density at radius 2 is 1.87 bits per heavy atom. The maximum Gasteiger partial charge on any atom is 0.348 e. The number of ether oxygens (including phenoxy) is 1. The first-order valence-corrected chi connectivity index (χ1v) is 10.7. The van der Waals surface area contributed by atoms with Gasteiger partial charge in [-0.2, -0.15) is 4.68 Å². The zero-order valence-corrected chi connectivity index (χ0v) is 18.0. The third-order valence-corrected chi connectivity index (χ3v) is 5.90. The van der Waals surface area contributed by atoms with Gasteiger partial charge < -0.3 is 4.74 Å². The van der Waals surface area contributed by atoms with E-state index < -0.39 is 0 Å². The Balaban J connectivity index is 1.46. The van der Waals surface area contributed by atoms with Gasteiger partial charge in [0.25, 0.3) is 0 Å². The van der Waals surface area contributed by atoms with Crippen molar-refractivity contribution in [3.63, 3.8) is 0 Å². The maximum atomic E-state index is 12.5. The molecule has 0 unspecified atom stereocenters. The maximum absolute atomic E-state index is 12.5. The molecule has 4 rings (SSSR count). The van der Waals surface area contributed by atoms with Crippen LogP contribution in [-0.2, 0) is 6.54 Å². The summed E-state index contributed by atoms with van der Waals surface area (Å²) >= 11 is 0. The molecule has 1 atom stereocenters. The summed E-state index contributed by atoms with van der Waals surface area (Å²) in [4.78, 5) is 17.9. The summed E-state index contributed by atoms with van der Waals surface area (Å²) in [5.74, 6) is 2.32. The van der Waals surface area contributed by atoms with Crippen LogP contribution in [0.4, 0.5) is 0 Å². The van der Waals surface area contributed by atoms with Crippen molar-refractivity contribution in [3.05, 3.63) is 76.0 Å². The molecule has 1 fully saturated rings. The van der Waals surface area contributed by atoms with Gasteiger partial charge in [-0.05, 0) is 60.7 Å². The zero-order chi connectivity index (χ0) is 21.1. The van der Waals surface area contributed by atoms with Crippen LogP contribution in [0.2, 0.25) is 0 Å². The molecule has 0 spiro atoms. The lowest BCUT2D eigenvalue weighted by atomic mass is 9.96. The molecule has 1 N–H and O–H groups in total. The third-order valence-electron chi connectivity index (χ3n) is 5.90. The highest BCUT2D eigenvalue weighted by atomic mass is 16.5. The van der Waals surface area contributed by atoms with Crippen molar-refractivity contribution in [1.29, 1.82) is 0 Å². The molecule has 1 aliphatic rings. The molecule has 6 nitrogen and oxygen atoms in total. The van der Waals surface area contributed by atoms with E-state index in [-0.39, 0.29) is 11.6 Å². The Labute approximate surface area is 177 Å². The summed E-state index contributed by atoms with van der Waals surface area (Å²) < 4.78 is 6.64. The highest BCUT2D eigenvalue weighted by Gasteiger charge is 2.25. The smallest absolute Gasteiger partial charge is 0.348 e. The van der Waals surface area contributed by atoms with E-state index in [9.17, 15) is 4.79 Å². The van der Waals surface area contributed by atoms with Gasteiger partial charge in [-0.3, -0.25) is 9.88 Å². The first-order chi connectivity index (χ1) is 14.5. The van der Waals surface area contributed by atoms with Gasteiger partial charge in [0.2, 0.25) is 0 Å². The highest BCUT2D eigenvalue weighted by Crippen LogP contribution is 2.26. The molecule has 0 saturated carbocycles. The number of piperidine rings is 1. The Kier molecular flexibility index (Phi) is 6.04. The molecular weight excluding hydrogens is 376 g/mol. The summed E-state index contributed by atoms with van der Waals surface area (Å²) in [7, 11) is 1.63. The van der Waals surface area contributed by atoms with Crippen LogP contribution in [0.15, 0.2) is 53.3 Å². The number of likely N-dealkylation sites (tertiary alicyclic amines) is 1. The molecule has 1 aromatic heterocycles. The minimum Gasteiger partial charge on any atom is -0.497 e. The molecule has 1 aliphatic heterocycles. The first-order valence-electron chi connectivity index (χ1n) is 10.7. The predicted octanol–water partition coefficient (Wildman–Crippen LogP) is 4.07. The minimum atomic E-state index is -0.198. The van der Waals surface area contributed by atoms with Crippen LogP contribution in [-0.4, -0.2) is 39.9 Å². The molecule has 1 saturated heterocycles. The average molecular weight is 407 g/mol. The number of benzene rings is 2. The summed E-state index contributed by atoms with van der Waals surface area (Å²) in [6, 6.07) is 16.3. The van der Waals surface area contributed by atoms with Gasteiger partial charge in [0.15, 0.2) is 0 Å². The van der Waals surface area contributed by atoms with E-state index in [0.29, 0.717) is 5.92 Å². The second-order valence-corrected chi connectivity index (χ2v) is 8.40. The van der Waals surface area contributed by atoms with Crippen molar-refractivity contribution in [1.82, 2.24) is 19.7 Å². The number of hydrogen-bond acceptors (Lipinski definition) is 4. The minimum absolute atomic E-state index is 0.198. The molecule has 0 radical (unpaired) electrons. The van der Waals surface area contributed by atoms with Crippen LogP contribution in [0.5, 0.6) is 5.75 Å². The standard InChI is InChI=1S/C24H30N4O2/c1-17(2)19-8-6-18(7-9-19)15-27-14-4-5-20(16-27)23-25-24(29)28(26-23)21-10-12-22(30-3)13-11-21/h6-13,17,20H,4-5,14-16H2,1-3H3,(H,25,26,29)/t20-/m0/s1. The van der Waals surface area contributed by atoms with Gasteiger partial charge in [0.1, 0.15) is 11.6 Å². The third kappa shape index (κ3) is 4.49. The van der Waals surface area contributed by atoms with Gasteiger partial charge in [0, 0.05) is 19.0 Å². The molecule has 158 valence electrons. The Morgan fingerprint density at radius 1 is 1.13 bits per heavy atom. The molecule has 6 heteroatoms. The van der Waals surface area contributed by atoms with Gasteiger partial charge in [-0.1, -0.05) is 38.1 Å². The van der Waals surface area contributed by atoms with E-state index in [4.69, 9.17) is 4.74 Å². The fourth-order valence-corrected chi connectivity index (χ4v) is 4.11. The second kappa shape index (κ2) is 8.88.